The Morgan fingerprint density at radius 2 is 1.80 bits per heavy atom. The molecule has 0 fully saturated rings. The molecule has 1 aromatic carbocycles. The molecule has 0 saturated carbocycles. The maximum atomic E-state index is 11.8. The predicted molar refractivity (Wildman–Crippen MR) is 75.5 cm³/mol. The van der Waals surface area contributed by atoms with Gasteiger partial charge in [-0.05, 0) is 37.4 Å². The van der Waals surface area contributed by atoms with E-state index >= 15 is 0 Å². The van der Waals surface area contributed by atoms with Gasteiger partial charge in [-0.15, -0.1) is 0 Å². The van der Waals surface area contributed by atoms with Crippen molar-refractivity contribution in [2.45, 2.75) is 13.8 Å². The Bertz CT molecular complexity index is 652. The lowest BCUT2D eigenvalue weighted by atomic mass is 10.1. The number of hydrogen-bond donors (Lipinski definition) is 0. The highest BCUT2D eigenvalue weighted by Gasteiger charge is 2.14. The summed E-state index contributed by atoms with van der Waals surface area (Å²) in [6.45, 7) is 3.93. The Labute approximate surface area is 117 Å². The quantitative estimate of drug-likeness (QED) is 0.803. The lowest BCUT2D eigenvalue weighted by Gasteiger charge is -2.11. The molecule has 0 spiro atoms. The van der Waals surface area contributed by atoms with Gasteiger partial charge in [0, 0.05) is 11.1 Å². The predicted octanol–water partition coefficient (Wildman–Crippen LogP) is 2.74. The van der Waals surface area contributed by atoms with Crippen LogP contribution in [0, 0.1) is 6.92 Å². The molecule has 5 heteroatoms. The zero-order valence-electron chi connectivity index (χ0n) is 12.0. The Morgan fingerprint density at radius 3 is 2.40 bits per heavy atom. The van der Waals surface area contributed by atoms with Gasteiger partial charge in [0.05, 0.1) is 20.8 Å². The third-order valence-electron chi connectivity index (χ3n) is 3.01. The highest BCUT2D eigenvalue weighted by Crippen LogP contribution is 2.33. The van der Waals surface area contributed by atoms with Gasteiger partial charge in [0.2, 0.25) is 0 Å². The van der Waals surface area contributed by atoms with Crippen molar-refractivity contribution in [3.63, 3.8) is 0 Å². The number of carbonyl (C=O) groups is 1. The van der Waals surface area contributed by atoms with Crippen LogP contribution in [0.15, 0.2) is 18.2 Å². The first kappa shape index (κ1) is 14.1. The fourth-order valence-electron chi connectivity index (χ4n) is 2.06. The van der Waals surface area contributed by atoms with E-state index in [1.165, 1.54) is 0 Å². The smallest absolute Gasteiger partial charge is 0.356 e. The second-order valence-electron chi connectivity index (χ2n) is 4.24. The van der Waals surface area contributed by atoms with Crippen molar-refractivity contribution in [2.75, 3.05) is 20.8 Å². The van der Waals surface area contributed by atoms with Crippen LogP contribution < -0.4 is 9.47 Å². The van der Waals surface area contributed by atoms with E-state index in [0.29, 0.717) is 23.8 Å². The van der Waals surface area contributed by atoms with Gasteiger partial charge in [-0.25, -0.2) is 9.78 Å². The molecular weight excluding hydrogens is 258 g/mol. The SMILES string of the molecule is CCOC(=O)c1cc2cc(OC)c(OC)cc2c(C)n1. The van der Waals surface area contributed by atoms with Crippen LogP contribution in [0.3, 0.4) is 0 Å². The van der Waals surface area contributed by atoms with Crippen LogP contribution >= 0.6 is 0 Å². The molecule has 0 amide bonds. The number of pyridine rings is 1. The molecule has 0 aliphatic carbocycles. The summed E-state index contributed by atoms with van der Waals surface area (Å²) >= 11 is 0. The van der Waals surface area contributed by atoms with Crippen molar-refractivity contribution in [1.82, 2.24) is 4.98 Å². The average Bonchev–Trinajstić information content (AvgIpc) is 2.46. The standard InChI is InChI=1S/C15H17NO4/c1-5-20-15(17)12-6-10-7-13(18-3)14(19-4)8-11(10)9(2)16-12/h6-8H,5H2,1-4H3. The van der Waals surface area contributed by atoms with Crippen molar-refractivity contribution in [3.05, 3.63) is 29.6 Å². The highest BCUT2D eigenvalue weighted by molar-refractivity contribution is 5.95. The lowest BCUT2D eigenvalue weighted by molar-refractivity contribution is 0.0519. The summed E-state index contributed by atoms with van der Waals surface area (Å²) in [6.07, 6.45) is 0. The third kappa shape index (κ3) is 2.52. The molecule has 0 unspecified atom stereocenters. The molecule has 0 bridgehead atoms. The molecule has 0 aliphatic rings. The average molecular weight is 275 g/mol. The fourth-order valence-corrected chi connectivity index (χ4v) is 2.06. The van der Waals surface area contributed by atoms with E-state index < -0.39 is 5.97 Å². The number of fused-ring (bicyclic) bond motifs is 1. The number of nitrogens with zero attached hydrogens (tertiary/aromatic N) is 1. The van der Waals surface area contributed by atoms with Gasteiger partial charge in [0.25, 0.3) is 0 Å². The number of aryl methyl sites for hydroxylation is 1. The zero-order chi connectivity index (χ0) is 14.7. The summed E-state index contributed by atoms with van der Waals surface area (Å²) in [7, 11) is 3.16. The molecule has 0 N–H and O–H groups in total. The fraction of sp³-hybridized carbons (Fsp3) is 0.333. The van der Waals surface area contributed by atoms with Crippen molar-refractivity contribution >= 4 is 16.7 Å². The van der Waals surface area contributed by atoms with Crippen LogP contribution in [0.25, 0.3) is 10.8 Å². The minimum Gasteiger partial charge on any atom is -0.493 e. The summed E-state index contributed by atoms with van der Waals surface area (Å²) in [5.41, 5.74) is 1.04. The van der Waals surface area contributed by atoms with Gasteiger partial charge in [-0.1, -0.05) is 0 Å². The van der Waals surface area contributed by atoms with E-state index in [4.69, 9.17) is 14.2 Å². The summed E-state index contributed by atoms with van der Waals surface area (Å²) in [4.78, 5) is 16.1. The molecule has 1 heterocycles. The van der Waals surface area contributed by atoms with E-state index in [2.05, 4.69) is 4.98 Å². The van der Waals surface area contributed by atoms with E-state index in [0.717, 1.165) is 16.5 Å². The molecule has 5 nitrogen and oxygen atoms in total. The van der Waals surface area contributed by atoms with Crippen molar-refractivity contribution in [3.8, 4) is 11.5 Å². The molecule has 0 radical (unpaired) electrons. The van der Waals surface area contributed by atoms with E-state index in [-0.39, 0.29) is 0 Å². The number of hydrogen-bond acceptors (Lipinski definition) is 5. The molecule has 0 saturated heterocycles. The highest BCUT2D eigenvalue weighted by atomic mass is 16.5. The first-order valence-corrected chi connectivity index (χ1v) is 6.31. The number of methoxy groups -OCH3 is 2. The Balaban J connectivity index is 2.61. The van der Waals surface area contributed by atoms with Crippen molar-refractivity contribution in [2.24, 2.45) is 0 Å². The van der Waals surface area contributed by atoms with Crippen LogP contribution in [0.1, 0.15) is 23.1 Å². The first-order chi connectivity index (χ1) is 9.60. The largest absolute Gasteiger partial charge is 0.493 e. The van der Waals surface area contributed by atoms with E-state index in [9.17, 15) is 4.79 Å². The van der Waals surface area contributed by atoms with Crippen molar-refractivity contribution < 1.29 is 19.0 Å². The normalized spacial score (nSPS) is 10.4. The molecular formula is C15H17NO4. The molecule has 2 rings (SSSR count). The maximum absolute atomic E-state index is 11.8. The van der Waals surface area contributed by atoms with Gasteiger partial charge in [0.1, 0.15) is 5.69 Å². The van der Waals surface area contributed by atoms with Gasteiger partial charge >= 0.3 is 5.97 Å². The van der Waals surface area contributed by atoms with Gasteiger partial charge in [-0.2, -0.15) is 0 Å². The summed E-state index contributed by atoms with van der Waals surface area (Å²) in [5.74, 6) is 0.821. The zero-order valence-corrected chi connectivity index (χ0v) is 12.0. The Morgan fingerprint density at radius 1 is 1.15 bits per heavy atom. The number of esters is 1. The minimum absolute atomic E-state index is 0.295. The Kier molecular flexibility index (Phi) is 4.08. The van der Waals surface area contributed by atoms with Crippen LogP contribution in [0.4, 0.5) is 0 Å². The van der Waals surface area contributed by atoms with E-state index in [1.807, 2.05) is 19.1 Å². The van der Waals surface area contributed by atoms with Crippen LogP contribution in [-0.4, -0.2) is 31.8 Å². The second kappa shape index (κ2) is 5.77. The van der Waals surface area contributed by atoms with Crippen molar-refractivity contribution in [1.29, 1.82) is 0 Å². The third-order valence-corrected chi connectivity index (χ3v) is 3.01. The summed E-state index contributed by atoms with van der Waals surface area (Å²) < 4.78 is 15.5. The van der Waals surface area contributed by atoms with Crippen LogP contribution in [0.2, 0.25) is 0 Å². The molecule has 20 heavy (non-hydrogen) atoms. The Hall–Kier alpha value is -2.30. The molecule has 0 atom stereocenters. The number of benzene rings is 1. The summed E-state index contributed by atoms with van der Waals surface area (Å²) in [5, 5.41) is 1.77. The monoisotopic (exact) mass is 275 g/mol. The maximum Gasteiger partial charge on any atom is 0.356 e. The second-order valence-corrected chi connectivity index (χ2v) is 4.24. The number of ether oxygens (including phenoxy) is 3. The molecule has 106 valence electrons. The lowest BCUT2D eigenvalue weighted by Crippen LogP contribution is -2.08. The van der Waals surface area contributed by atoms with Gasteiger partial charge in [-0.3, -0.25) is 0 Å². The summed E-state index contributed by atoms with van der Waals surface area (Å²) in [6, 6.07) is 5.37. The number of carbonyl (C=O) groups excluding carboxylic acids is 1. The topological polar surface area (TPSA) is 57.7 Å². The molecule has 1 aromatic heterocycles. The number of rotatable bonds is 4. The van der Waals surface area contributed by atoms with Crippen LogP contribution in [-0.2, 0) is 4.74 Å². The molecule has 0 aliphatic heterocycles. The minimum atomic E-state index is -0.424. The number of aromatic nitrogens is 1. The van der Waals surface area contributed by atoms with E-state index in [1.54, 1.807) is 27.2 Å². The van der Waals surface area contributed by atoms with Crippen LogP contribution in [0.5, 0.6) is 11.5 Å². The molecule has 2 aromatic rings. The van der Waals surface area contributed by atoms with Gasteiger partial charge < -0.3 is 14.2 Å². The first-order valence-electron chi connectivity index (χ1n) is 6.31. The van der Waals surface area contributed by atoms with Gasteiger partial charge in [0.15, 0.2) is 11.5 Å².